The molecule has 0 spiro atoms. The zero-order valence-electron chi connectivity index (χ0n) is 50.7. The van der Waals surface area contributed by atoms with Crippen LogP contribution in [0.1, 0.15) is 150 Å². The molecule has 2 heterocycles. The highest BCUT2D eigenvalue weighted by Gasteiger charge is 2.55. The first-order chi connectivity index (χ1) is 35.2. The maximum atomic E-state index is 12.6. The summed E-state index contributed by atoms with van der Waals surface area (Å²) in [5, 5.41) is 58.0. The Morgan fingerprint density at radius 3 is 1.33 bits per heavy atom. The number of hydrogen-bond acceptors (Lipinski definition) is 11. The van der Waals surface area contributed by atoms with Gasteiger partial charge in [0.25, 0.3) is 5.69 Å². The fourth-order valence-electron chi connectivity index (χ4n) is 13.1. The molecule has 0 aliphatic carbocycles. The van der Waals surface area contributed by atoms with Crippen LogP contribution in [0.4, 0.5) is 5.69 Å². The standard InChI is InChI=1S/C60H101NO11Si4/c1-39(2)74(40(3)4,41(5)6)68-35-34-60(19,20)73(21,22)36-33-51-55(38-63)69-52(58(57(51)65)71-75(42(7)8,43(9)10)44(11)12)26-24-23-25-50-54(37-62)70-53(32-29-48-27-30-49(31-28-48)61(66)67)59(56(50)64)72-76(45(13)14,46(15)16)47(17)18/h27-28,30-31,39-47,50-59,62-65H,34-35,37-38H2,1-22H3/t50-,51-,52+,53+,54-,55-,56+,57+,58+,59+/m1/s1. The average molecular weight is 1120 g/mol. The van der Waals surface area contributed by atoms with Crippen molar-refractivity contribution >= 4 is 38.7 Å². The second kappa shape index (κ2) is 28.2. The molecule has 0 saturated carbocycles. The van der Waals surface area contributed by atoms with Crippen LogP contribution in [0.3, 0.4) is 0 Å². The van der Waals surface area contributed by atoms with Crippen LogP contribution in [0.2, 0.25) is 68.0 Å². The van der Waals surface area contributed by atoms with Crippen molar-refractivity contribution in [3.63, 3.8) is 0 Å². The van der Waals surface area contributed by atoms with E-state index in [0.29, 0.717) is 28.8 Å². The Bertz CT molecular complexity index is 2220. The summed E-state index contributed by atoms with van der Waals surface area (Å²) < 4.78 is 34.8. The molecule has 0 radical (unpaired) electrons. The Kier molecular flexibility index (Phi) is 25.1. The number of non-ortho nitro benzene ring substituents is 1. The molecule has 1 aromatic rings. The molecule has 428 valence electrons. The lowest BCUT2D eigenvalue weighted by Crippen LogP contribution is -2.61. The quantitative estimate of drug-likeness (QED) is 0.0400. The lowest BCUT2D eigenvalue weighted by atomic mass is 9.87. The molecule has 1 aromatic carbocycles. The molecular weight excluding hydrogens is 1020 g/mol. The first-order valence-electron chi connectivity index (χ1n) is 28.4. The second-order valence-corrected chi connectivity index (χ2v) is 46.8. The van der Waals surface area contributed by atoms with Gasteiger partial charge in [0, 0.05) is 24.3 Å². The molecule has 16 heteroatoms. The smallest absolute Gasteiger partial charge is 0.269 e. The summed E-state index contributed by atoms with van der Waals surface area (Å²) in [6.45, 7) is 48.8. The number of nitro groups is 1. The van der Waals surface area contributed by atoms with Gasteiger partial charge in [-0.15, -0.1) is 11.5 Å². The van der Waals surface area contributed by atoms with Crippen LogP contribution in [-0.2, 0) is 22.8 Å². The van der Waals surface area contributed by atoms with Crippen LogP contribution in [-0.4, -0.2) is 127 Å². The van der Waals surface area contributed by atoms with Crippen molar-refractivity contribution in [2.24, 2.45) is 11.8 Å². The van der Waals surface area contributed by atoms with Crippen molar-refractivity contribution in [1.29, 1.82) is 0 Å². The highest BCUT2D eigenvalue weighted by Crippen LogP contribution is 2.48. The maximum absolute atomic E-state index is 12.6. The monoisotopic (exact) mass is 1120 g/mol. The minimum Gasteiger partial charge on any atom is -0.416 e. The Morgan fingerprint density at radius 1 is 0.592 bits per heavy atom. The van der Waals surface area contributed by atoms with Crippen LogP contribution < -0.4 is 0 Å². The second-order valence-electron chi connectivity index (χ2n) is 25.7. The van der Waals surface area contributed by atoms with Crippen LogP contribution in [0.25, 0.3) is 0 Å². The topological polar surface area (TPSA) is 170 Å². The van der Waals surface area contributed by atoms with Crippen LogP contribution in [0, 0.1) is 68.9 Å². The van der Waals surface area contributed by atoms with Gasteiger partial charge in [-0.3, -0.25) is 10.1 Å². The van der Waals surface area contributed by atoms with Crippen LogP contribution >= 0.6 is 0 Å². The predicted octanol–water partition coefficient (Wildman–Crippen LogP) is 12.2. The highest BCUT2D eigenvalue weighted by atomic mass is 28.4. The van der Waals surface area contributed by atoms with Crippen LogP contribution in [0.15, 0.2) is 24.3 Å². The van der Waals surface area contributed by atoms with Crippen molar-refractivity contribution in [2.75, 3.05) is 19.8 Å². The molecule has 2 aliphatic rings. The molecule has 10 atom stereocenters. The molecule has 76 heavy (non-hydrogen) atoms. The lowest BCUT2D eigenvalue weighted by Gasteiger charge is -2.49. The van der Waals surface area contributed by atoms with E-state index in [9.17, 15) is 30.5 Å². The third kappa shape index (κ3) is 14.8. The molecule has 2 saturated heterocycles. The summed E-state index contributed by atoms with van der Waals surface area (Å²) in [6, 6.07) is 5.88. The van der Waals surface area contributed by atoms with E-state index in [-0.39, 0.29) is 44.0 Å². The van der Waals surface area contributed by atoms with Gasteiger partial charge < -0.3 is 43.2 Å². The third-order valence-electron chi connectivity index (χ3n) is 17.9. The van der Waals surface area contributed by atoms with E-state index in [0.717, 1.165) is 6.42 Å². The number of nitro benzene ring substituents is 1. The number of hydrogen-bond donors (Lipinski definition) is 4. The summed E-state index contributed by atoms with van der Waals surface area (Å²) in [7, 11) is -9.78. The first kappa shape index (κ1) is 67.6. The summed E-state index contributed by atoms with van der Waals surface area (Å²) in [5.74, 6) is 20.2. The summed E-state index contributed by atoms with van der Waals surface area (Å²) in [4.78, 5) is 10.9. The lowest BCUT2D eigenvalue weighted by molar-refractivity contribution is -0.384. The van der Waals surface area contributed by atoms with E-state index in [1.807, 2.05) is 0 Å². The summed E-state index contributed by atoms with van der Waals surface area (Å²) in [6.07, 6.45) is -7.20. The van der Waals surface area contributed by atoms with E-state index in [4.69, 9.17) is 22.8 Å². The SMILES string of the molecule is CC(C)[Si](OCCC(C)(C)[Si](C)(C)C#C[C@H]1[C@H](O)[C@@H](O[Si](C(C)C)(C(C)C)C(C)C)[C@H](C#CC#C[C@H]2[C@H](O)[C@@H](O[Si](C(C)C)(C(C)C)C(C)C)[C@H](C#Cc3ccc([N+](=O)[O-])cc3)O[C@@H]2CO)O[C@@H]1CO)(C(C)C)C(C)C. The highest BCUT2D eigenvalue weighted by molar-refractivity contribution is 6.87. The maximum Gasteiger partial charge on any atom is 0.269 e. The molecule has 2 aliphatic heterocycles. The fourth-order valence-corrected chi connectivity index (χ4v) is 31.3. The van der Waals surface area contributed by atoms with Crippen molar-refractivity contribution in [3.8, 4) is 47.0 Å². The normalized spacial score (nSPS) is 24.9. The van der Waals surface area contributed by atoms with E-state index >= 15 is 0 Å². The van der Waals surface area contributed by atoms with Gasteiger partial charge >= 0.3 is 0 Å². The summed E-state index contributed by atoms with van der Waals surface area (Å²) in [5.41, 5.74) is 6.62. The Balaban J connectivity index is 2.14. The minimum atomic E-state index is -2.68. The molecule has 0 aromatic heterocycles. The van der Waals surface area contributed by atoms with Gasteiger partial charge in [0.1, 0.15) is 32.5 Å². The minimum absolute atomic E-state index is 0.0595. The van der Waals surface area contributed by atoms with E-state index in [1.165, 1.54) is 12.1 Å². The first-order valence-corrected chi connectivity index (χ1v) is 37.8. The van der Waals surface area contributed by atoms with Crippen molar-refractivity contribution in [2.45, 2.75) is 262 Å². The number of nitrogens with zero attached hydrogens (tertiary/aromatic N) is 1. The van der Waals surface area contributed by atoms with Gasteiger partial charge in [0.15, 0.2) is 8.32 Å². The van der Waals surface area contributed by atoms with Gasteiger partial charge in [-0.25, -0.2) is 0 Å². The number of ether oxygens (including phenoxy) is 2. The fraction of sp³-hybridized carbons (Fsp3) is 0.767. The largest absolute Gasteiger partial charge is 0.416 e. The molecule has 2 fully saturated rings. The molecular formula is C60H101NO11Si4. The number of aliphatic hydroxyl groups is 4. The summed E-state index contributed by atoms with van der Waals surface area (Å²) >= 11 is 0. The predicted molar refractivity (Wildman–Crippen MR) is 319 cm³/mol. The Morgan fingerprint density at radius 2 is 0.961 bits per heavy atom. The van der Waals surface area contributed by atoms with E-state index < -0.39 is 112 Å². The van der Waals surface area contributed by atoms with Crippen molar-refractivity contribution in [3.05, 3.63) is 39.9 Å². The van der Waals surface area contributed by atoms with E-state index in [1.54, 1.807) is 12.1 Å². The number of aliphatic hydroxyl groups excluding tert-OH is 4. The van der Waals surface area contributed by atoms with Crippen molar-refractivity contribution in [1.82, 2.24) is 0 Å². The van der Waals surface area contributed by atoms with Crippen LogP contribution in [0.5, 0.6) is 0 Å². The van der Waals surface area contributed by atoms with Gasteiger partial charge in [-0.1, -0.05) is 175 Å². The molecule has 0 unspecified atom stereocenters. The van der Waals surface area contributed by atoms with Gasteiger partial charge in [-0.2, -0.15) is 0 Å². The Labute approximate surface area is 464 Å². The molecule has 0 bridgehead atoms. The molecule has 4 N–H and O–H groups in total. The van der Waals surface area contributed by atoms with Crippen molar-refractivity contribution < 1.29 is 48.1 Å². The third-order valence-corrected chi connectivity index (χ3v) is 40.6. The van der Waals surface area contributed by atoms with Gasteiger partial charge in [0.2, 0.25) is 16.6 Å². The molecule has 12 nitrogen and oxygen atoms in total. The number of benzene rings is 1. The Hall–Kier alpha value is -2.63. The number of rotatable bonds is 21. The average Bonchev–Trinajstić information content (AvgIpc) is 3.31. The van der Waals surface area contributed by atoms with Gasteiger partial charge in [0.05, 0.1) is 54.4 Å². The van der Waals surface area contributed by atoms with E-state index in [2.05, 4.69) is 199 Å². The zero-order valence-corrected chi connectivity index (χ0v) is 54.7. The molecule has 3 rings (SSSR count). The molecule has 0 amide bonds. The van der Waals surface area contributed by atoms with Gasteiger partial charge in [-0.05, 0) is 85.3 Å². The zero-order chi connectivity index (χ0) is 58.1.